The van der Waals surface area contributed by atoms with Crippen molar-refractivity contribution in [3.8, 4) is 17.3 Å². The number of aryl methyl sites for hydroxylation is 1. The van der Waals surface area contributed by atoms with Gasteiger partial charge in [0.25, 0.3) is 0 Å². The van der Waals surface area contributed by atoms with Gasteiger partial charge in [-0.3, -0.25) is 0 Å². The summed E-state index contributed by atoms with van der Waals surface area (Å²) in [4.78, 5) is 11.4. The third kappa shape index (κ3) is 4.74. The van der Waals surface area contributed by atoms with Crippen molar-refractivity contribution in [2.24, 2.45) is 0 Å². The lowest BCUT2D eigenvalue weighted by molar-refractivity contribution is 0.203. The average Bonchev–Trinajstić information content (AvgIpc) is 2.60. The highest BCUT2D eigenvalue weighted by Crippen LogP contribution is 2.19. The Morgan fingerprint density at radius 2 is 1.83 bits per heavy atom. The number of halogens is 1. The zero-order chi connectivity index (χ0) is 16.8. The molecule has 0 spiro atoms. The Morgan fingerprint density at radius 3 is 2.58 bits per heavy atom. The molecule has 0 N–H and O–H groups in total. The molecule has 0 aliphatic carbocycles. The van der Waals surface area contributed by atoms with Crippen molar-refractivity contribution >= 4 is 0 Å². The molecule has 1 aliphatic rings. The van der Waals surface area contributed by atoms with Gasteiger partial charge in [-0.25, -0.2) is 9.37 Å². The highest BCUT2D eigenvalue weighted by Gasteiger charge is 2.10. The van der Waals surface area contributed by atoms with Gasteiger partial charge in [-0.2, -0.15) is 4.98 Å². The number of rotatable bonds is 6. The quantitative estimate of drug-likeness (QED) is 0.755. The minimum absolute atomic E-state index is 0.263. The van der Waals surface area contributed by atoms with Gasteiger partial charge in [0.15, 0.2) is 5.82 Å². The van der Waals surface area contributed by atoms with Crippen molar-refractivity contribution in [1.29, 1.82) is 0 Å². The predicted octanol–water partition coefficient (Wildman–Crippen LogP) is 3.85. The Hall–Kier alpha value is -2.01. The van der Waals surface area contributed by atoms with Crippen molar-refractivity contribution in [2.75, 3.05) is 26.2 Å². The zero-order valence-electron chi connectivity index (χ0n) is 14.2. The van der Waals surface area contributed by atoms with Crippen LogP contribution in [0.4, 0.5) is 4.39 Å². The molecule has 0 atom stereocenters. The number of hydrogen-bond donors (Lipinski definition) is 0. The van der Waals surface area contributed by atoms with E-state index in [0.29, 0.717) is 18.3 Å². The molecule has 0 radical (unpaired) electrons. The van der Waals surface area contributed by atoms with Crippen LogP contribution in [0.2, 0.25) is 0 Å². The molecule has 128 valence electrons. The summed E-state index contributed by atoms with van der Waals surface area (Å²) in [5.74, 6) is 0.891. The normalized spacial score (nSPS) is 15.4. The van der Waals surface area contributed by atoms with Gasteiger partial charge in [-0.05, 0) is 63.5 Å². The van der Waals surface area contributed by atoms with Gasteiger partial charge in [0.1, 0.15) is 5.82 Å². The van der Waals surface area contributed by atoms with Crippen molar-refractivity contribution in [3.05, 3.63) is 41.8 Å². The molecule has 1 aromatic carbocycles. The molecule has 24 heavy (non-hydrogen) atoms. The van der Waals surface area contributed by atoms with E-state index in [1.54, 1.807) is 12.1 Å². The van der Waals surface area contributed by atoms with E-state index in [1.807, 2.05) is 13.0 Å². The molecular formula is C19H24FN3O. The predicted molar refractivity (Wildman–Crippen MR) is 92.6 cm³/mol. The second kappa shape index (κ2) is 8.20. The molecule has 1 saturated heterocycles. The summed E-state index contributed by atoms with van der Waals surface area (Å²) in [5, 5.41) is 0. The molecular weight excluding hydrogens is 305 g/mol. The van der Waals surface area contributed by atoms with E-state index < -0.39 is 0 Å². The van der Waals surface area contributed by atoms with Gasteiger partial charge in [0, 0.05) is 23.9 Å². The molecule has 2 heterocycles. The Labute approximate surface area is 142 Å². The summed E-state index contributed by atoms with van der Waals surface area (Å²) < 4.78 is 18.9. The van der Waals surface area contributed by atoms with Crippen LogP contribution in [0.15, 0.2) is 30.3 Å². The van der Waals surface area contributed by atoms with Crippen LogP contribution in [0.25, 0.3) is 11.4 Å². The highest BCUT2D eigenvalue weighted by atomic mass is 19.1. The van der Waals surface area contributed by atoms with Crippen LogP contribution in [0.5, 0.6) is 5.88 Å². The van der Waals surface area contributed by atoms with E-state index in [1.165, 1.54) is 44.5 Å². The lowest BCUT2D eigenvalue weighted by Crippen LogP contribution is -2.31. The first-order valence-electron chi connectivity index (χ1n) is 8.67. The molecule has 1 fully saturated rings. The van der Waals surface area contributed by atoms with Crippen LogP contribution >= 0.6 is 0 Å². The van der Waals surface area contributed by atoms with Gasteiger partial charge in [-0.1, -0.05) is 6.42 Å². The third-order valence-electron chi connectivity index (χ3n) is 4.25. The number of benzene rings is 1. The molecule has 4 nitrogen and oxygen atoms in total. The second-order valence-corrected chi connectivity index (χ2v) is 6.28. The largest absolute Gasteiger partial charge is 0.478 e. The van der Waals surface area contributed by atoms with Gasteiger partial charge in [-0.15, -0.1) is 0 Å². The topological polar surface area (TPSA) is 38.2 Å². The fourth-order valence-electron chi connectivity index (χ4n) is 2.99. The maximum Gasteiger partial charge on any atom is 0.217 e. The van der Waals surface area contributed by atoms with E-state index in [0.717, 1.165) is 24.2 Å². The Balaban J connectivity index is 1.56. The van der Waals surface area contributed by atoms with Crippen molar-refractivity contribution < 1.29 is 9.13 Å². The van der Waals surface area contributed by atoms with Crippen LogP contribution in [0, 0.1) is 12.7 Å². The first-order chi connectivity index (χ1) is 11.7. The van der Waals surface area contributed by atoms with E-state index >= 15 is 0 Å². The lowest BCUT2D eigenvalue weighted by atomic mass is 10.1. The second-order valence-electron chi connectivity index (χ2n) is 6.28. The third-order valence-corrected chi connectivity index (χ3v) is 4.25. The summed E-state index contributed by atoms with van der Waals surface area (Å²) in [6.45, 7) is 6.06. The molecule has 1 aromatic heterocycles. The van der Waals surface area contributed by atoms with Gasteiger partial charge < -0.3 is 9.64 Å². The number of piperidine rings is 1. The summed E-state index contributed by atoms with van der Waals surface area (Å²) in [6, 6.07) is 8.04. The van der Waals surface area contributed by atoms with E-state index in [9.17, 15) is 4.39 Å². The van der Waals surface area contributed by atoms with E-state index in [-0.39, 0.29) is 5.82 Å². The SMILES string of the molecule is Cc1cc(OCCCN2CCCCC2)nc(-c2ccc(F)cc2)n1. The smallest absolute Gasteiger partial charge is 0.217 e. The Bertz CT molecular complexity index is 654. The Morgan fingerprint density at radius 1 is 1.08 bits per heavy atom. The van der Waals surface area contributed by atoms with E-state index in [4.69, 9.17) is 4.74 Å². The van der Waals surface area contributed by atoms with Gasteiger partial charge in [0.2, 0.25) is 5.88 Å². The van der Waals surface area contributed by atoms with Gasteiger partial charge in [0.05, 0.1) is 6.61 Å². The van der Waals surface area contributed by atoms with Crippen LogP contribution in [0.3, 0.4) is 0 Å². The minimum Gasteiger partial charge on any atom is -0.478 e. The molecule has 5 heteroatoms. The molecule has 0 amide bonds. The van der Waals surface area contributed by atoms with Crippen molar-refractivity contribution in [1.82, 2.24) is 14.9 Å². The fraction of sp³-hybridized carbons (Fsp3) is 0.474. The minimum atomic E-state index is -0.263. The number of nitrogens with zero attached hydrogens (tertiary/aromatic N) is 3. The van der Waals surface area contributed by atoms with Crippen molar-refractivity contribution in [3.63, 3.8) is 0 Å². The van der Waals surface area contributed by atoms with Gasteiger partial charge >= 0.3 is 0 Å². The first kappa shape index (κ1) is 16.8. The number of hydrogen-bond acceptors (Lipinski definition) is 4. The number of aromatic nitrogens is 2. The maximum absolute atomic E-state index is 13.1. The molecule has 3 rings (SSSR count). The molecule has 0 unspecified atom stereocenters. The summed E-state index contributed by atoms with van der Waals surface area (Å²) in [7, 11) is 0. The van der Waals surface area contributed by atoms with E-state index in [2.05, 4.69) is 14.9 Å². The van der Waals surface area contributed by atoms with Crippen molar-refractivity contribution in [2.45, 2.75) is 32.6 Å². The summed E-state index contributed by atoms with van der Waals surface area (Å²) >= 11 is 0. The fourth-order valence-corrected chi connectivity index (χ4v) is 2.99. The molecule has 0 saturated carbocycles. The summed E-state index contributed by atoms with van der Waals surface area (Å²) in [6.07, 6.45) is 4.98. The van der Waals surface area contributed by atoms with Crippen LogP contribution < -0.4 is 4.74 Å². The van der Waals surface area contributed by atoms with Crippen LogP contribution in [-0.4, -0.2) is 41.1 Å². The monoisotopic (exact) mass is 329 g/mol. The average molecular weight is 329 g/mol. The van der Waals surface area contributed by atoms with Crippen LogP contribution in [-0.2, 0) is 0 Å². The first-order valence-corrected chi connectivity index (χ1v) is 8.67. The molecule has 2 aromatic rings. The lowest BCUT2D eigenvalue weighted by Gasteiger charge is -2.26. The Kier molecular flexibility index (Phi) is 5.75. The standard InChI is InChI=1S/C19H24FN3O/c1-15-14-18(24-13-5-12-23-10-3-2-4-11-23)22-19(21-15)16-6-8-17(20)9-7-16/h6-9,14H,2-5,10-13H2,1H3. The number of ether oxygens (including phenoxy) is 1. The maximum atomic E-state index is 13.1. The summed E-state index contributed by atoms with van der Waals surface area (Å²) in [5.41, 5.74) is 1.63. The van der Waals surface area contributed by atoms with Crippen LogP contribution in [0.1, 0.15) is 31.4 Å². The highest BCUT2D eigenvalue weighted by molar-refractivity contribution is 5.55. The zero-order valence-corrected chi connectivity index (χ0v) is 14.2. The molecule has 1 aliphatic heterocycles. The molecule has 0 bridgehead atoms. The number of likely N-dealkylation sites (tertiary alicyclic amines) is 1.